The first-order valence-electron chi connectivity index (χ1n) is 23.7. The van der Waals surface area contributed by atoms with Gasteiger partial charge in [0, 0.05) is 87.5 Å². The molecule has 0 aromatic heterocycles. The lowest BCUT2D eigenvalue weighted by Gasteiger charge is -2.28. The van der Waals surface area contributed by atoms with Crippen molar-refractivity contribution < 1.29 is 18.9 Å². The van der Waals surface area contributed by atoms with Gasteiger partial charge >= 0.3 is 0 Å². The first-order chi connectivity index (χ1) is 30.0. The van der Waals surface area contributed by atoms with Crippen molar-refractivity contribution in [3.63, 3.8) is 0 Å². The van der Waals surface area contributed by atoms with E-state index in [1.165, 1.54) is 66.8 Å². The molecule has 8 nitrogen and oxygen atoms in total. The molecule has 0 amide bonds. The fourth-order valence-electron chi connectivity index (χ4n) is 10.1. The van der Waals surface area contributed by atoms with Gasteiger partial charge in [-0.1, -0.05) is 132 Å². The van der Waals surface area contributed by atoms with Crippen molar-refractivity contribution in [2.24, 2.45) is 0 Å². The Hall–Kier alpha value is -4.08. The SMILES string of the molecule is COc1c2cc(C(C)(C)C)cc1CN1CCN(Cc3cc(C(C)(C)C)cc(c3OC)Cc3cc(C(C)(C)C)cc(c3OC)CN3CCN(Cc4cc(C(C)(C)C)cc(c4OC)C2)C3)C1. The van der Waals surface area contributed by atoms with Gasteiger partial charge in [-0.05, 0) is 66.2 Å². The molecule has 0 radical (unpaired) electrons. The maximum absolute atomic E-state index is 6.44. The van der Waals surface area contributed by atoms with Crippen molar-refractivity contribution in [2.75, 3.05) is 68.0 Å². The Labute approximate surface area is 387 Å². The van der Waals surface area contributed by atoms with Gasteiger partial charge in [-0.15, -0.1) is 0 Å². The van der Waals surface area contributed by atoms with Crippen LogP contribution in [-0.4, -0.2) is 87.6 Å². The Morgan fingerprint density at radius 2 is 0.500 bits per heavy atom. The van der Waals surface area contributed by atoms with E-state index in [9.17, 15) is 0 Å². The van der Waals surface area contributed by atoms with Crippen molar-refractivity contribution >= 4 is 0 Å². The topological polar surface area (TPSA) is 49.9 Å². The number of ether oxygens (including phenoxy) is 4. The number of nitrogens with zero attached hydrogens (tertiary/aromatic N) is 4. The van der Waals surface area contributed by atoms with Gasteiger partial charge in [-0.25, -0.2) is 0 Å². The van der Waals surface area contributed by atoms with Crippen LogP contribution in [0.4, 0.5) is 0 Å². The molecule has 4 atom stereocenters. The van der Waals surface area contributed by atoms with Crippen molar-refractivity contribution in [3.05, 3.63) is 115 Å². The maximum atomic E-state index is 6.44. The van der Waals surface area contributed by atoms with Gasteiger partial charge in [0.25, 0.3) is 0 Å². The Kier molecular flexibility index (Phi) is 13.7. The number of fused-ring (bicyclic) bond motifs is 12. The molecule has 4 aromatic carbocycles. The Morgan fingerprint density at radius 3 is 0.672 bits per heavy atom. The van der Waals surface area contributed by atoms with Gasteiger partial charge in [0.05, 0.1) is 41.8 Å². The van der Waals surface area contributed by atoms with Gasteiger partial charge in [-0.3, -0.25) is 19.6 Å². The third-order valence-electron chi connectivity index (χ3n) is 13.9. The standard InChI is InChI=1S/C56H80N4O4/c1-53(2,3)45-23-37-21-38-24-46(54(4,5)6)28-42(50(38)62-14)32-59-19-20-60(36-59)34-44-30-48(56(10,11)12)26-40(52(44)64-16)22-39-25-47(55(7,8)9)29-43(51(39)63-15)33-58-18-17-57(35-58)31-41(27-45)49(37)61-13/h23-30H,17-22,31-36H2,1-16H3. The number of rotatable bonds is 4. The molecule has 2 saturated heterocycles. The normalized spacial score (nSPS) is 21.0. The second-order valence-corrected chi connectivity index (χ2v) is 23.2. The minimum Gasteiger partial charge on any atom is -0.496 e. The molecule has 64 heavy (non-hydrogen) atoms. The van der Waals surface area contributed by atoms with Crippen LogP contribution in [0, 0.1) is 0 Å². The predicted octanol–water partition coefficient (Wildman–Crippen LogP) is 11.0. The lowest BCUT2D eigenvalue weighted by atomic mass is 9.82. The van der Waals surface area contributed by atoms with Crippen LogP contribution < -0.4 is 18.9 Å². The molecule has 7 rings (SSSR count). The van der Waals surface area contributed by atoms with E-state index in [1.807, 2.05) is 28.4 Å². The monoisotopic (exact) mass is 873 g/mol. The molecule has 8 heteroatoms. The van der Waals surface area contributed by atoms with Crippen LogP contribution in [0.2, 0.25) is 0 Å². The lowest BCUT2D eigenvalue weighted by Crippen LogP contribution is -2.26. The molecule has 348 valence electrons. The second kappa shape index (κ2) is 18.3. The molecule has 0 aliphatic carbocycles. The zero-order chi connectivity index (χ0) is 46.5. The van der Waals surface area contributed by atoms with Gasteiger partial charge in [-0.2, -0.15) is 0 Å². The number of hydrogen-bond acceptors (Lipinski definition) is 8. The van der Waals surface area contributed by atoms with E-state index < -0.39 is 0 Å². The summed E-state index contributed by atoms with van der Waals surface area (Å²) in [5.74, 6) is 3.94. The van der Waals surface area contributed by atoms with Gasteiger partial charge in [0.15, 0.2) is 0 Å². The molecular formula is C56H80N4O4. The molecule has 0 N–H and O–H groups in total. The predicted molar refractivity (Wildman–Crippen MR) is 264 cm³/mol. The molecule has 3 aliphatic rings. The molecular weight excluding hydrogens is 793 g/mol. The van der Waals surface area contributed by atoms with Crippen molar-refractivity contribution in [3.8, 4) is 23.0 Å². The highest BCUT2D eigenvalue weighted by molar-refractivity contribution is 5.55. The first kappa shape index (κ1) is 47.9. The number of hydrogen-bond donors (Lipinski definition) is 0. The molecule has 0 saturated carbocycles. The van der Waals surface area contributed by atoms with E-state index in [0.717, 1.165) is 102 Å². The molecule has 12 bridgehead atoms. The van der Waals surface area contributed by atoms with E-state index in [4.69, 9.17) is 18.9 Å². The van der Waals surface area contributed by atoms with Crippen LogP contribution in [0.15, 0.2) is 48.5 Å². The molecule has 3 aliphatic heterocycles. The summed E-state index contributed by atoms with van der Waals surface area (Å²) < 4.78 is 25.8. The average molecular weight is 873 g/mol. The summed E-state index contributed by atoms with van der Waals surface area (Å²) in [7, 11) is 7.39. The average Bonchev–Trinajstić information content (AvgIpc) is 3.84. The van der Waals surface area contributed by atoms with Gasteiger partial charge in [0.1, 0.15) is 23.0 Å². The van der Waals surface area contributed by atoms with Crippen molar-refractivity contribution in [1.29, 1.82) is 0 Å². The largest absolute Gasteiger partial charge is 0.496 e. The molecule has 3 heterocycles. The maximum Gasteiger partial charge on any atom is 0.126 e. The van der Waals surface area contributed by atoms with E-state index in [1.54, 1.807) is 0 Å². The lowest BCUT2D eigenvalue weighted by molar-refractivity contribution is 0.230. The van der Waals surface area contributed by atoms with E-state index in [2.05, 4.69) is 151 Å². The zero-order valence-electron chi connectivity index (χ0n) is 42.5. The number of benzene rings is 4. The highest BCUT2D eigenvalue weighted by atomic mass is 16.5. The molecule has 4 unspecified atom stereocenters. The van der Waals surface area contributed by atoms with Crippen molar-refractivity contribution in [2.45, 2.75) is 144 Å². The molecule has 4 aromatic rings. The Morgan fingerprint density at radius 1 is 0.312 bits per heavy atom. The molecule has 0 spiro atoms. The fourth-order valence-corrected chi connectivity index (χ4v) is 10.1. The van der Waals surface area contributed by atoms with E-state index in [-0.39, 0.29) is 21.7 Å². The minimum atomic E-state index is -0.0371. The summed E-state index contributed by atoms with van der Waals surface area (Å²) >= 11 is 0. The summed E-state index contributed by atoms with van der Waals surface area (Å²) in [5, 5.41) is 0. The highest BCUT2D eigenvalue weighted by Gasteiger charge is 2.31. The third-order valence-corrected chi connectivity index (χ3v) is 13.9. The summed E-state index contributed by atoms with van der Waals surface area (Å²) in [6.07, 6.45) is 1.44. The zero-order valence-corrected chi connectivity index (χ0v) is 42.5. The summed E-state index contributed by atoms with van der Waals surface area (Å²) in [4.78, 5) is 10.3. The van der Waals surface area contributed by atoms with Crippen LogP contribution >= 0.6 is 0 Å². The Bertz CT molecular complexity index is 2000. The van der Waals surface area contributed by atoms with Crippen LogP contribution in [0.5, 0.6) is 23.0 Å². The third kappa shape index (κ3) is 10.5. The van der Waals surface area contributed by atoms with Crippen LogP contribution in [0.3, 0.4) is 0 Å². The van der Waals surface area contributed by atoms with Crippen molar-refractivity contribution in [1.82, 2.24) is 19.6 Å². The summed E-state index contributed by atoms with van der Waals surface area (Å²) in [6, 6.07) is 19.2. The van der Waals surface area contributed by atoms with Gasteiger partial charge < -0.3 is 18.9 Å². The van der Waals surface area contributed by atoms with E-state index in [0.29, 0.717) is 0 Å². The quantitative estimate of drug-likeness (QED) is 0.201. The Balaban J connectivity index is 1.40. The second-order valence-electron chi connectivity index (χ2n) is 23.2. The highest BCUT2D eigenvalue weighted by Crippen LogP contribution is 2.42. The summed E-state index contributed by atoms with van der Waals surface area (Å²) in [5.41, 5.74) is 14.9. The van der Waals surface area contributed by atoms with Gasteiger partial charge in [0.2, 0.25) is 0 Å². The van der Waals surface area contributed by atoms with Crippen LogP contribution in [0.1, 0.15) is 150 Å². The fraction of sp³-hybridized carbons (Fsp3) is 0.571. The van der Waals surface area contributed by atoms with Crippen LogP contribution in [0.25, 0.3) is 0 Å². The smallest absolute Gasteiger partial charge is 0.126 e. The van der Waals surface area contributed by atoms with E-state index >= 15 is 0 Å². The molecule has 2 fully saturated rings. The number of methoxy groups -OCH3 is 4. The first-order valence-corrected chi connectivity index (χ1v) is 23.7. The minimum absolute atomic E-state index is 0.0371. The van der Waals surface area contributed by atoms with Crippen LogP contribution in [-0.2, 0) is 60.7 Å². The summed E-state index contributed by atoms with van der Waals surface area (Å²) in [6.45, 7) is 36.7.